The lowest BCUT2D eigenvalue weighted by molar-refractivity contribution is 0.0303. The fourth-order valence-corrected chi connectivity index (χ4v) is 3.83. The number of urea groups is 1. The van der Waals surface area contributed by atoms with Crippen LogP contribution in [0.1, 0.15) is 23.2 Å². The lowest BCUT2D eigenvalue weighted by atomic mass is 10.2. The second-order valence-corrected chi connectivity index (χ2v) is 7.53. The number of hydrogen-bond donors (Lipinski definition) is 1. The number of carbonyl (C=O) groups is 2. The maximum atomic E-state index is 12.6. The number of nitrogens with zero attached hydrogens (tertiary/aromatic N) is 2. The number of amides is 3. The Kier molecular flexibility index (Phi) is 6.49. The van der Waals surface area contributed by atoms with E-state index in [2.05, 4.69) is 5.32 Å². The van der Waals surface area contributed by atoms with Crippen molar-refractivity contribution < 1.29 is 19.1 Å². The Hall–Kier alpha value is -3.06. The highest BCUT2D eigenvalue weighted by Gasteiger charge is 2.29. The number of ether oxygens (including phenoxy) is 2. The third-order valence-corrected chi connectivity index (χ3v) is 5.51. The van der Waals surface area contributed by atoms with Crippen molar-refractivity contribution in [2.75, 3.05) is 44.8 Å². The summed E-state index contributed by atoms with van der Waals surface area (Å²) in [5.74, 6) is 0.716. The maximum absolute atomic E-state index is 12.6. The highest BCUT2D eigenvalue weighted by atomic mass is 16.5. The van der Waals surface area contributed by atoms with Crippen molar-refractivity contribution in [3.05, 3.63) is 60.2 Å². The minimum Gasteiger partial charge on any atom is -0.491 e. The smallest absolute Gasteiger partial charge is 0.322 e. The lowest BCUT2D eigenvalue weighted by Crippen LogP contribution is -2.41. The molecule has 2 aromatic rings. The van der Waals surface area contributed by atoms with Gasteiger partial charge in [-0.25, -0.2) is 4.79 Å². The summed E-state index contributed by atoms with van der Waals surface area (Å²) in [5, 5.41) is 2.94. The normalized spacial score (nSPS) is 18.9. The van der Waals surface area contributed by atoms with E-state index in [0.717, 1.165) is 25.1 Å². The maximum Gasteiger partial charge on any atom is 0.322 e. The van der Waals surface area contributed by atoms with E-state index in [1.54, 1.807) is 17.0 Å². The Bertz CT molecular complexity index is 851. The number of benzene rings is 2. The Morgan fingerprint density at radius 3 is 2.47 bits per heavy atom. The number of carbonyl (C=O) groups excluding carboxylic acids is 2. The molecule has 1 unspecified atom stereocenters. The van der Waals surface area contributed by atoms with Crippen molar-refractivity contribution in [2.45, 2.75) is 18.9 Å². The summed E-state index contributed by atoms with van der Waals surface area (Å²) in [6, 6.07) is 16.6. The average Bonchev–Trinajstić information content (AvgIpc) is 3.28. The predicted octanol–water partition coefficient (Wildman–Crippen LogP) is 3.23. The van der Waals surface area contributed by atoms with Gasteiger partial charge >= 0.3 is 6.03 Å². The van der Waals surface area contributed by atoms with Gasteiger partial charge in [0.15, 0.2) is 0 Å². The highest BCUT2D eigenvalue weighted by Crippen LogP contribution is 2.21. The molecule has 30 heavy (non-hydrogen) atoms. The summed E-state index contributed by atoms with van der Waals surface area (Å²) in [6.45, 7) is 3.57. The van der Waals surface area contributed by atoms with Gasteiger partial charge in [-0.1, -0.05) is 18.2 Å². The molecule has 7 nitrogen and oxygen atoms in total. The fourth-order valence-electron chi connectivity index (χ4n) is 3.83. The van der Waals surface area contributed by atoms with E-state index in [4.69, 9.17) is 9.47 Å². The van der Waals surface area contributed by atoms with Gasteiger partial charge in [-0.2, -0.15) is 0 Å². The van der Waals surface area contributed by atoms with Crippen LogP contribution < -0.4 is 10.1 Å². The molecule has 158 valence electrons. The molecular formula is C23H27N3O4. The van der Waals surface area contributed by atoms with Crippen LogP contribution in [0.5, 0.6) is 5.75 Å². The molecule has 0 bridgehead atoms. The van der Waals surface area contributed by atoms with Gasteiger partial charge in [0, 0.05) is 30.9 Å². The lowest BCUT2D eigenvalue weighted by Gasteiger charge is -2.27. The van der Waals surface area contributed by atoms with Gasteiger partial charge in [-0.3, -0.25) is 4.79 Å². The predicted molar refractivity (Wildman–Crippen MR) is 114 cm³/mol. The summed E-state index contributed by atoms with van der Waals surface area (Å²) in [7, 11) is 0. The first-order chi connectivity index (χ1) is 14.7. The summed E-state index contributed by atoms with van der Waals surface area (Å²) < 4.78 is 11.2. The molecule has 7 heteroatoms. The molecule has 0 saturated carbocycles. The van der Waals surface area contributed by atoms with Crippen LogP contribution in [0.15, 0.2) is 54.6 Å². The molecule has 2 heterocycles. The van der Waals surface area contributed by atoms with Crippen molar-refractivity contribution in [3.63, 3.8) is 0 Å². The molecule has 3 amide bonds. The van der Waals surface area contributed by atoms with Crippen molar-refractivity contribution in [3.8, 4) is 5.75 Å². The van der Waals surface area contributed by atoms with Crippen LogP contribution in [0, 0.1) is 0 Å². The molecular weight excluding hydrogens is 382 g/mol. The van der Waals surface area contributed by atoms with E-state index in [0.29, 0.717) is 44.2 Å². The van der Waals surface area contributed by atoms with Crippen LogP contribution in [0.4, 0.5) is 10.5 Å². The number of likely N-dealkylation sites (tertiary alicyclic amines) is 1. The molecule has 2 saturated heterocycles. The summed E-state index contributed by atoms with van der Waals surface area (Å²) in [4.78, 5) is 28.8. The van der Waals surface area contributed by atoms with E-state index in [1.807, 2.05) is 47.4 Å². The van der Waals surface area contributed by atoms with Gasteiger partial charge in [0.05, 0.1) is 19.3 Å². The summed E-state index contributed by atoms with van der Waals surface area (Å²) in [5.41, 5.74) is 1.43. The molecule has 1 atom stereocenters. The van der Waals surface area contributed by atoms with Gasteiger partial charge in [-0.15, -0.1) is 0 Å². The monoisotopic (exact) mass is 409 g/mol. The molecule has 2 aliphatic rings. The number of para-hydroxylation sites is 1. The van der Waals surface area contributed by atoms with Crippen molar-refractivity contribution in [1.29, 1.82) is 0 Å². The van der Waals surface area contributed by atoms with Crippen LogP contribution >= 0.6 is 0 Å². The van der Waals surface area contributed by atoms with Crippen LogP contribution in [0.2, 0.25) is 0 Å². The SMILES string of the molecule is O=C(c1ccc(OCC2CCCN2C(=O)Nc2ccccc2)cc1)N1CCOCC1. The first-order valence-corrected chi connectivity index (χ1v) is 10.4. The highest BCUT2D eigenvalue weighted by molar-refractivity contribution is 5.94. The van der Waals surface area contributed by atoms with E-state index in [1.165, 1.54) is 0 Å². The average molecular weight is 409 g/mol. The second kappa shape index (κ2) is 9.63. The number of nitrogens with one attached hydrogen (secondary N) is 1. The zero-order valence-electron chi connectivity index (χ0n) is 17.0. The zero-order chi connectivity index (χ0) is 20.8. The van der Waals surface area contributed by atoms with Crippen molar-refractivity contribution in [1.82, 2.24) is 9.80 Å². The van der Waals surface area contributed by atoms with Gasteiger partial charge in [-0.05, 0) is 49.2 Å². The van der Waals surface area contributed by atoms with Crippen molar-refractivity contribution in [2.24, 2.45) is 0 Å². The quantitative estimate of drug-likeness (QED) is 0.823. The Morgan fingerprint density at radius 1 is 1.00 bits per heavy atom. The zero-order valence-corrected chi connectivity index (χ0v) is 17.0. The van der Waals surface area contributed by atoms with E-state index >= 15 is 0 Å². The molecule has 2 aliphatic heterocycles. The number of morpholine rings is 1. The second-order valence-electron chi connectivity index (χ2n) is 7.53. The molecule has 2 fully saturated rings. The third kappa shape index (κ3) is 4.91. The molecule has 0 aliphatic carbocycles. The first kappa shape index (κ1) is 20.2. The fraction of sp³-hybridized carbons (Fsp3) is 0.391. The van der Waals surface area contributed by atoms with E-state index < -0.39 is 0 Å². The van der Waals surface area contributed by atoms with Crippen LogP contribution in [0.3, 0.4) is 0 Å². The van der Waals surface area contributed by atoms with Crippen molar-refractivity contribution >= 4 is 17.6 Å². The van der Waals surface area contributed by atoms with Gasteiger partial charge in [0.2, 0.25) is 0 Å². The molecule has 1 N–H and O–H groups in total. The van der Waals surface area contributed by atoms with Gasteiger partial charge < -0.3 is 24.6 Å². The van der Waals surface area contributed by atoms with E-state index in [9.17, 15) is 9.59 Å². The Labute approximate surface area is 176 Å². The molecule has 0 aromatic heterocycles. The summed E-state index contributed by atoms with van der Waals surface area (Å²) in [6.07, 6.45) is 1.87. The first-order valence-electron chi connectivity index (χ1n) is 10.4. The largest absolute Gasteiger partial charge is 0.491 e. The Balaban J connectivity index is 1.30. The molecule has 0 radical (unpaired) electrons. The molecule has 2 aromatic carbocycles. The minimum absolute atomic E-state index is 0.0180. The van der Waals surface area contributed by atoms with Crippen LogP contribution in [-0.2, 0) is 4.74 Å². The van der Waals surface area contributed by atoms with Gasteiger partial charge in [0.25, 0.3) is 5.91 Å². The van der Waals surface area contributed by atoms with Gasteiger partial charge in [0.1, 0.15) is 12.4 Å². The summed E-state index contributed by atoms with van der Waals surface area (Å²) >= 11 is 0. The van der Waals surface area contributed by atoms with Crippen LogP contribution in [-0.4, -0.2) is 67.2 Å². The van der Waals surface area contributed by atoms with Crippen LogP contribution in [0.25, 0.3) is 0 Å². The molecule has 4 rings (SSSR count). The number of anilines is 1. The molecule has 0 spiro atoms. The van der Waals surface area contributed by atoms with E-state index in [-0.39, 0.29) is 18.0 Å². The number of rotatable bonds is 5. The topological polar surface area (TPSA) is 71.1 Å². The Morgan fingerprint density at radius 2 is 1.73 bits per heavy atom. The standard InChI is InChI=1S/C23H27N3O4/c27-22(25-13-15-29-16-14-25)18-8-10-21(11-9-18)30-17-20-7-4-12-26(20)23(28)24-19-5-2-1-3-6-19/h1-3,5-6,8-11,20H,4,7,12-17H2,(H,24,28). The third-order valence-electron chi connectivity index (χ3n) is 5.51. The minimum atomic E-state index is -0.0984. The number of hydrogen-bond acceptors (Lipinski definition) is 4.